The first-order chi connectivity index (χ1) is 12.6. The number of amides is 1. The summed E-state index contributed by atoms with van der Waals surface area (Å²) < 4.78 is 0. The third-order valence-corrected chi connectivity index (χ3v) is 5.41. The number of likely N-dealkylation sites (tertiary alicyclic amines) is 1. The first kappa shape index (κ1) is 18.2. The lowest BCUT2D eigenvalue weighted by Gasteiger charge is -2.31. The highest BCUT2D eigenvalue weighted by atomic mass is 16.4. The van der Waals surface area contributed by atoms with E-state index in [4.69, 9.17) is 0 Å². The van der Waals surface area contributed by atoms with E-state index in [0.717, 1.165) is 12.1 Å². The van der Waals surface area contributed by atoms with Crippen LogP contribution in [0.4, 0.5) is 0 Å². The average Bonchev–Trinajstić information content (AvgIpc) is 2.67. The summed E-state index contributed by atoms with van der Waals surface area (Å²) in [6.45, 7) is 2.74. The number of hydrogen-bond acceptors (Lipinski definition) is 3. The third kappa shape index (κ3) is 3.96. The van der Waals surface area contributed by atoms with Gasteiger partial charge in [0.1, 0.15) is 0 Å². The van der Waals surface area contributed by atoms with E-state index in [1.807, 2.05) is 31.3 Å². The summed E-state index contributed by atoms with van der Waals surface area (Å²) in [7, 11) is 1.82. The van der Waals surface area contributed by atoms with Crippen molar-refractivity contribution in [3.8, 4) is 0 Å². The quantitative estimate of drug-likeness (QED) is 0.499. The maximum atomic E-state index is 11.8. The van der Waals surface area contributed by atoms with Gasteiger partial charge in [0.25, 0.3) is 0 Å². The minimum absolute atomic E-state index is 0.109. The fraction of sp³-hybridized carbons (Fsp3) is 0.364. The van der Waals surface area contributed by atoms with Crippen LogP contribution in [0.3, 0.4) is 0 Å². The van der Waals surface area contributed by atoms with Gasteiger partial charge >= 0.3 is 0 Å². The number of carbonyl (C=O) groups excluding carboxylic acids is 1. The van der Waals surface area contributed by atoms with Gasteiger partial charge in [-0.1, -0.05) is 59.8 Å². The molecule has 2 aromatic carbocycles. The summed E-state index contributed by atoms with van der Waals surface area (Å²) in [6.07, 6.45) is 1.91. The molecule has 0 aliphatic carbocycles. The zero-order valence-electron chi connectivity index (χ0n) is 15.4. The van der Waals surface area contributed by atoms with Gasteiger partial charge in [-0.3, -0.25) is 4.79 Å². The lowest BCUT2D eigenvalue weighted by atomic mass is 9.80. The van der Waals surface area contributed by atoms with Crippen molar-refractivity contribution in [3.05, 3.63) is 71.3 Å². The van der Waals surface area contributed by atoms with Crippen LogP contribution in [0.2, 0.25) is 0 Å². The first-order valence-electron chi connectivity index (χ1n) is 9.15. The minimum Gasteiger partial charge on any atom is -0.411 e. The molecule has 26 heavy (non-hydrogen) atoms. The van der Waals surface area contributed by atoms with Crippen LogP contribution in [0.25, 0.3) is 0 Å². The Bertz CT molecular complexity index is 786. The molecule has 0 aromatic heterocycles. The summed E-state index contributed by atoms with van der Waals surface area (Å²) in [6, 6.07) is 18.7. The second-order valence-corrected chi connectivity index (χ2v) is 7.13. The topological polar surface area (TPSA) is 52.9 Å². The number of nitrogens with zero attached hydrogens (tertiary/aromatic N) is 2. The number of piperidine rings is 1. The van der Waals surface area contributed by atoms with Crippen molar-refractivity contribution in [1.29, 1.82) is 0 Å². The van der Waals surface area contributed by atoms with Crippen molar-refractivity contribution < 1.29 is 10.0 Å². The lowest BCUT2D eigenvalue weighted by molar-refractivity contribution is -0.132. The monoisotopic (exact) mass is 350 g/mol. The summed E-state index contributed by atoms with van der Waals surface area (Å²) in [5.41, 5.74) is 4.47. The Labute approximate surface area is 155 Å². The molecule has 4 nitrogen and oxygen atoms in total. The standard InChI is InChI=1S/C22H26N2O2/c1-16-8-6-7-11-19(16)20(17-9-4-3-5-10-17)14-21(23-26)18-12-13-22(25)24(2)15-18/h3-11,18,20,26H,12-15H2,1-2H3/b23-21-/t18?,20-/m1/s1. The minimum atomic E-state index is 0.109. The van der Waals surface area contributed by atoms with Gasteiger partial charge in [-0.25, -0.2) is 0 Å². The predicted molar refractivity (Wildman–Crippen MR) is 104 cm³/mol. The fourth-order valence-corrected chi connectivity index (χ4v) is 3.85. The van der Waals surface area contributed by atoms with Crippen LogP contribution >= 0.6 is 0 Å². The molecule has 136 valence electrons. The van der Waals surface area contributed by atoms with Gasteiger partial charge in [0.05, 0.1) is 5.71 Å². The van der Waals surface area contributed by atoms with Gasteiger partial charge in [-0.15, -0.1) is 0 Å². The highest BCUT2D eigenvalue weighted by molar-refractivity contribution is 5.90. The van der Waals surface area contributed by atoms with Gasteiger partial charge in [0.2, 0.25) is 5.91 Å². The highest BCUT2D eigenvalue weighted by Gasteiger charge is 2.29. The Morgan fingerprint density at radius 2 is 1.88 bits per heavy atom. The molecule has 2 atom stereocenters. The number of benzene rings is 2. The summed E-state index contributed by atoms with van der Waals surface area (Å²) in [4.78, 5) is 13.5. The smallest absolute Gasteiger partial charge is 0.222 e. The second-order valence-electron chi connectivity index (χ2n) is 7.13. The van der Waals surface area contributed by atoms with Gasteiger partial charge in [0.15, 0.2) is 0 Å². The van der Waals surface area contributed by atoms with E-state index < -0.39 is 0 Å². The molecule has 1 heterocycles. The maximum absolute atomic E-state index is 11.8. The maximum Gasteiger partial charge on any atom is 0.222 e. The van der Waals surface area contributed by atoms with E-state index >= 15 is 0 Å². The summed E-state index contributed by atoms with van der Waals surface area (Å²) >= 11 is 0. The summed E-state index contributed by atoms with van der Waals surface area (Å²) in [5, 5.41) is 13.4. The van der Waals surface area contributed by atoms with Crippen LogP contribution < -0.4 is 0 Å². The number of carbonyl (C=O) groups is 1. The van der Waals surface area contributed by atoms with E-state index in [1.54, 1.807) is 4.90 Å². The molecule has 1 fully saturated rings. The van der Waals surface area contributed by atoms with Crippen LogP contribution in [-0.2, 0) is 4.79 Å². The molecule has 1 saturated heterocycles. The Hall–Kier alpha value is -2.62. The van der Waals surface area contributed by atoms with Crippen molar-refractivity contribution in [3.63, 3.8) is 0 Å². The molecular formula is C22H26N2O2. The van der Waals surface area contributed by atoms with Crippen LogP contribution in [0.1, 0.15) is 41.9 Å². The molecule has 0 bridgehead atoms. The number of hydrogen-bond donors (Lipinski definition) is 1. The van der Waals surface area contributed by atoms with Gasteiger partial charge < -0.3 is 10.1 Å². The molecule has 1 aliphatic rings. The van der Waals surface area contributed by atoms with E-state index in [-0.39, 0.29) is 17.7 Å². The van der Waals surface area contributed by atoms with Crippen molar-refractivity contribution in [2.45, 2.75) is 32.1 Å². The second kappa shape index (κ2) is 8.17. The van der Waals surface area contributed by atoms with Crippen molar-refractivity contribution in [1.82, 2.24) is 4.90 Å². The zero-order chi connectivity index (χ0) is 18.5. The molecule has 1 aliphatic heterocycles. The lowest BCUT2D eigenvalue weighted by Crippen LogP contribution is -2.40. The molecule has 1 N–H and O–H groups in total. The first-order valence-corrected chi connectivity index (χ1v) is 9.15. The van der Waals surface area contributed by atoms with E-state index in [2.05, 4.69) is 42.4 Å². The molecule has 1 amide bonds. The Kier molecular flexibility index (Phi) is 5.71. The summed E-state index contributed by atoms with van der Waals surface area (Å²) in [5.74, 6) is 0.404. The van der Waals surface area contributed by atoms with Crippen LogP contribution in [0.5, 0.6) is 0 Å². The molecule has 0 radical (unpaired) electrons. The van der Waals surface area contributed by atoms with Crippen molar-refractivity contribution in [2.75, 3.05) is 13.6 Å². The van der Waals surface area contributed by atoms with Crippen molar-refractivity contribution in [2.24, 2.45) is 11.1 Å². The van der Waals surface area contributed by atoms with E-state index in [9.17, 15) is 10.0 Å². The molecule has 2 aromatic rings. The normalized spacial score (nSPS) is 19.5. The molecule has 1 unspecified atom stereocenters. The molecule has 3 rings (SSSR count). The van der Waals surface area contributed by atoms with Crippen LogP contribution in [-0.4, -0.2) is 35.3 Å². The van der Waals surface area contributed by atoms with Crippen molar-refractivity contribution >= 4 is 11.6 Å². The fourth-order valence-electron chi connectivity index (χ4n) is 3.85. The van der Waals surface area contributed by atoms with Crippen LogP contribution in [0, 0.1) is 12.8 Å². The molecular weight excluding hydrogens is 324 g/mol. The van der Waals surface area contributed by atoms with Gasteiger partial charge in [0, 0.05) is 38.3 Å². The third-order valence-electron chi connectivity index (χ3n) is 5.41. The van der Waals surface area contributed by atoms with Gasteiger partial charge in [-0.05, 0) is 30.0 Å². The molecule has 0 spiro atoms. The number of aryl methyl sites for hydroxylation is 1. The predicted octanol–water partition coefficient (Wildman–Crippen LogP) is 4.22. The van der Waals surface area contributed by atoms with E-state index in [0.29, 0.717) is 19.4 Å². The Morgan fingerprint density at radius 1 is 1.19 bits per heavy atom. The van der Waals surface area contributed by atoms with Crippen LogP contribution in [0.15, 0.2) is 59.8 Å². The van der Waals surface area contributed by atoms with E-state index in [1.165, 1.54) is 16.7 Å². The molecule has 4 heteroatoms. The SMILES string of the molecule is Cc1ccccc1[C@H](C/C(=N/O)C1CCC(=O)N(C)C1)c1ccccc1. The number of rotatable bonds is 5. The zero-order valence-corrected chi connectivity index (χ0v) is 15.4. The number of oxime groups is 1. The average molecular weight is 350 g/mol. The Balaban J connectivity index is 1.90. The van der Waals surface area contributed by atoms with Gasteiger partial charge in [-0.2, -0.15) is 0 Å². The largest absolute Gasteiger partial charge is 0.411 e. The highest BCUT2D eigenvalue weighted by Crippen LogP contribution is 2.33. The Morgan fingerprint density at radius 3 is 2.54 bits per heavy atom. The molecule has 0 saturated carbocycles.